The van der Waals surface area contributed by atoms with Crippen molar-refractivity contribution >= 4 is 11.9 Å². The molecule has 7 nitrogen and oxygen atoms in total. The van der Waals surface area contributed by atoms with Gasteiger partial charge in [-0.15, -0.1) is 0 Å². The molecule has 1 amide bonds. The van der Waals surface area contributed by atoms with Gasteiger partial charge in [-0.1, -0.05) is 0 Å². The first-order valence-electron chi connectivity index (χ1n) is 9.06. The minimum absolute atomic E-state index is 0.0133. The van der Waals surface area contributed by atoms with E-state index in [2.05, 4.69) is 10.1 Å². The minimum Gasteiger partial charge on any atom is -0.465 e. The molecule has 2 aromatic heterocycles. The number of pyridine rings is 1. The van der Waals surface area contributed by atoms with E-state index in [-0.39, 0.29) is 18.3 Å². The highest BCUT2D eigenvalue weighted by atomic mass is 19.3. The molecule has 4 rings (SSSR count). The van der Waals surface area contributed by atoms with E-state index in [1.807, 2.05) is 0 Å². The van der Waals surface area contributed by atoms with Gasteiger partial charge in [0.1, 0.15) is 5.82 Å². The second kappa shape index (κ2) is 6.60. The average molecular weight is 413 g/mol. The van der Waals surface area contributed by atoms with Gasteiger partial charge in [-0.3, -0.25) is 4.68 Å². The molecule has 11 heteroatoms. The molecule has 1 unspecified atom stereocenters. The number of carboxylic acid groups (broad SMARTS) is 1. The zero-order valence-corrected chi connectivity index (χ0v) is 15.5. The summed E-state index contributed by atoms with van der Waals surface area (Å²) in [5, 5.41) is 13.5. The van der Waals surface area contributed by atoms with E-state index < -0.39 is 31.0 Å². The van der Waals surface area contributed by atoms with Gasteiger partial charge in [0.05, 0.1) is 18.8 Å². The maximum Gasteiger partial charge on any atom is 0.407 e. The smallest absolute Gasteiger partial charge is 0.407 e. The zero-order valence-electron chi connectivity index (χ0n) is 15.5. The summed E-state index contributed by atoms with van der Waals surface area (Å²) in [6, 6.07) is 3.21. The van der Waals surface area contributed by atoms with E-state index in [9.17, 15) is 27.5 Å². The van der Waals surface area contributed by atoms with Crippen LogP contribution in [0.2, 0.25) is 0 Å². The summed E-state index contributed by atoms with van der Waals surface area (Å²) in [4.78, 5) is 17.6. The van der Waals surface area contributed by atoms with Crippen LogP contribution in [0.25, 0.3) is 11.3 Å². The number of amides is 1. The molecular weight excluding hydrogens is 394 g/mol. The quantitative estimate of drug-likeness (QED) is 0.783. The number of rotatable bonds is 3. The molecule has 0 saturated carbocycles. The molecule has 156 valence electrons. The van der Waals surface area contributed by atoms with Crippen LogP contribution in [0.5, 0.6) is 0 Å². The highest BCUT2D eigenvalue weighted by molar-refractivity contribution is 5.69. The van der Waals surface area contributed by atoms with Crippen LogP contribution in [-0.4, -0.2) is 68.9 Å². The van der Waals surface area contributed by atoms with E-state index in [1.54, 1.807) is 24.0 Å². The number of anilines is 1. The summed E-state index contributed by atoms with van der Waals surface area (Å²) in [5.41, 5.74) is 1.83. The fourth-order valence-corrected chi connectivity index (χ4v) is 3.85. The fourth-order valence-electron chi connectivity index (χ4n) is 3.85. The third kappa shape index (κ3) is 3.38. The number of aromatic nitrogens is 3. The van der Waals surface area contributed by atoms with Crippen LogP contribution in [0.3, 0.4) is 0 Å². The van der Waals surface area contributed by atoms with Crippen molar-refractivity contribution in [3.8, 4) is 11.3 Å². The molecule has 0 spiro atoms. The molecule has 2 aromatic rings. The van der Waals surface area contributed by atoms with Crippen LogP contribution in [0, 0.1) is 0 Å². The number of hydrogen-bond donors (Lipinski definition) is 1. The molecule has 1 atom stereocenters. The van der Waals surface area contributed by atoms with Gasteiger partial charge in [0.25, 0.3) is 0 Å². The Morgan fingerprint density at radius 1 is 1.24 bits per heavy atom. The van der Waals surface area contributed by atoms with Gasteiger partial charge in [0, 0.05) is 44.0 Å². The lowest BCUT2D eigenvalue weighted by molar-refractivity contribution is -0.172. The molecule has 0 radical (unpaired) electrons. The van der Waals surface area contributed by atoms with Crippen LogP contribution in [-0.2, 0) is 7.05 Å². The number of likely N-dealkylation sites (tertiary alicyclic amines) is 1. The van der Waals surface area contributed by atoms with Crippen molar-refractivity contribution in [3.63, 3.8) is 0 Å². The molecule has 29 heavy (non-hydrogen) atoms. The number of nitrogens with zero attached hydrogens (tertiary/aromatic N) is 5. The highest BCUT2D eigenvalue weighted by Crippen LogP contribution is 2.43. The Morgan fingerprint density at radius 3 is 2.48 bits per heavy atom. The van der Waals surface area contributed by atoms with Gasteiger partial charge in [-0.05, 0) is 24.1 Å². The molecule has 0 bridgehead atoms. The summed E-state index contributed by atoms with van der Waals surface area (Å²) in [7, 11) is 1.72. The summed E-state index contributed by atoms with van der Waals surface area (Å²) in [5.74, 6) is -8.40. The first-order chi connectivity index (χ1) is 13.6. The van der Waals surface area contributed by atoms with Crippen LogP contribution in [0.15, 0.2) is 24.5 Å². The van der Waals surface area contributed by atoms with Crippen molar-refractivity contribution in [2.24, 2.45) is 7.05 Å². The molecule has 4 heterocycles. The molecule has 2 fully saturated rings. The van der Waals surface area contributed by atoms with Crippen molar-refractivity contribution in [2.75, 3.05) is 31.1 Å². The van der Waals surface area contributed by atoms with E-state index >= 15 is 0 Å². The Bertz CT molecular complexity index is 932. The Balaban J connectivity index is 1.71. The van der Waals surface area contributed by atoms with Crippen LogP contribution in [0.4, 0.5) is 28.2 Å². The second-order valence-corrected chi connectivity index (χ2v) is 7.48. The predicted octanol–water partition coefficient (Wildman–Crippen LogP) is 3.04. The van der Waals surface area contributed by atoms with E-state index in [4.69, 9.17) is 0 Å². The lowest BCUT2D eigenvalue weighted by atomic mass is 9.93. The zero-order chi connectivity index (χ0) is 21.0. The van der Waals surface area contributed by atoms with Crippen molar-refractivity contribution < 1.29 is 27.5 Å². The van der Waals surface area contributed by atoms with Gasteiger partial charge in [-0.2, -0.15) is 22.7 Å². The van der Waals surface area contributed by atoms with Crippen molar-refractivity contribution in [1.29, 1.82) is 0 Å². The lowest BCUT2D eigenvalue weighted by Crippen LogP contribution is -2.38. The Hall–Kier alpha value is -2.85. The first-order valence-corrected chi connectivity index (χ1v) is 9.06. The predicted molar refractivity (Wildman–Crippen MR) is 95.5 cm³/mol. The SMILES string of the molecule is Cn1ccc(-c2cc(N3CC(F)(F)C(F)(F)C3)ncc2C2CCN(C(=O)O)C2)n1. The third-order valence-corrected chi connectivity index (χ3v) is 5.45. The number of halogens is 4. The molecule has 0 aromatic carbocycles. The molecule has 2 aliphatic heterocycles. The van der Waals surface area contributed by atoms with Gasteiger partial charge in [0.2, 0.25) is 0 Å². The van der Waals surface area contributed by atoms with E-state index in [0.29, 0.717) is 29.8 Å². The summed E-state index contributed by atoms with van der Waals surface area (Å²) < 4.78 is 56.1. The molecular formula is C18H19F4N5O2. The van der Waals surface area contributed by atoms with Gasteiger partial charge >= 0.3 is 17.9 Å². The topological polar surface area (TPSA) is 74.5 Å². The van der Waals surface area contributed by atoms with Gasteiger partial charge in [0.15, 0.2) is 0 Å². The largest absolute Gasteiger partial charge is 0.465 e. The molecule has 2 saturated heterocycles. The number of alkyl halides is 4. The third-order valence-electron chi connectivity index (χ3n) is 5.45. The monoisotopic (exact) mass is 413 g/mol. The summed E-state index contributed by atoms with van der Waals surface area (Å²) >= 11 is 0. The Kier molecular flexibility index (Phi) is 4.43. The van der Waals surface area contributed by atoms with Crippen LogP contribution >= 0.6 is 0 Å². The van der Waals surface area contributed by atoms with Gasteiger partial charge in [-0.25, -0.2) is 9.78 Å². The normalized spacial score (nSPS) is 23.0. The number of aryl methyl sites for hydroxylation is 1. The minimum atomic E-state index is -4.13. The van der Waals surface area contributed by atoms with E-state index in [1.165, 1.54) is 17.2 Å². The number of carbonyl (C=O) groups is 1. The maximum absolute atomic E-state index is 13.6. The molecule has 2 aliphatic rings. The first kappa shape index (κ1) is 19.5. The van der Waals surface area contributed by atoms with Crippen LogP contribution < -0.4 is 4.90 Å². The average Bonchev–Trinajstić information content (AvgIpc) is 3.33. The fraction of sp³-hybridized carbons (Fsp3) is 0.500. The van der Waals surface area contributed by atoms with Crippen LogP contribution in [0.1, 0.15) is 17.9 Å². The lowest BCUT2D eigenvalue weighted by Gasteiger charge is -2.20. The summed E-state index contributed by atoms with van der Waals surface area (Å²) in [6.45, 7) is -1.60. The van der Waals surface area contributed by atoms with E-state index in [0.717, 1.165) is 4.90 Å². The summed E-state index contributed by atoms with van der Waals surface area (Å²) in [6.07, 6.45) is 2.73. The molecule has 0 aliphatic carbocycles. The van der Waals surface area contributed by atoms with Crippen molar-refractivity contribution in [3.05, 3.63) is 30.1 Å². The molecule has 1 N–H and O–H groups in total. The number of hydrogen-bond acceptors (Lipinski definition) is 4. The Morgan fingerprint density at radius 2 is 1.93 bits per heavy atom. The maximum atomic E-state index is 13.6. The van der Waals surface area contributed by atoms with Gasteiger partial charge < -0.3 is 14.9 Å². The van der Waals surface area contributed by atoms with Crippen molar-refractivity contribution in [2.45, 2.75) is 24.2 Å². The second-order valence-electron chi connectivity index (χ2n) is 7.48. The highest BCUT2D eigenvalue weighted by Gasteiger charge is 2.63. The Labute approximate surface area is 163 Å². The van der Waals surface area contributed by atoms with Crippen molar-refractivity contribution in [1.82, 2.24) is 19.7 Å². The standard InChI is InChI=1S/C18H19F4N5O2/c1-25-4-3-14(24-25)12-6-15(27-9-17(19,20)18(21,22)10-27)23-7-13(12)11-2-5-26(8-11)16(28)29/h3-4,6-7,11H,2,5,8-10H2,1H3,(H,28,29).